The second-order valence-corrected chi connectivity index (χ2v) is 7.08. The molecule has 3 aromatic rings. The molecule has 1 atom stereocenters. The highest BCUT2D eigenvalue weighted by molar-refractivity contribution is 6.31. The molecule has 0 aliphatic heterocycles. The summed E-state index contributed by atoms with van der Waals surface area (Å²) in [5.74, 6) is -0.687. The molecule has 1 aromatic carbocycles. The van der Waals surface area contributed by atoms with Crippen LogP contribution in [0.25, 0.3) is 0 Å². The Bertz CT molecular complexity index is 1130. The lowest BCUT2D eigenvalue weighted by Crippen LogP contribution is -2.35. The Labute approximate surface area is 185 Å². The topological polar surface area (TPSA) is 86.5 Å². The number of rotatable bonds is 7. The molecule has 0 aliphatic carbocycles. The molecule has 3 rings (SSSR count). The first-order valence-corrected chi connectivity index (χ1v) is 9.98. The highest BCUT2D eigenvalue weighted by atomic mass is 35.5. The number of benzene rings is 1. The van der Waals surface area contributed by atoms with E-state index in [0.29, 0.717) is 10.7 Å². The van der Waals surface area contributed by atoms with Gasteiger partial charge in [0, 0.05) is 25.3 Å². The van der Waals surface area contributed by atoms with E-state index in [0.717, 1.165) is 5.56 Å². The summed E-state index contributed by atoms with van der Waals surface area (Å²) in [6.07, 6.45) is 1.68. The van der Waals surface area contributed by atoms with Crippen molar-refractivity contribution in [3.05, 3.63) is 81.0 Å². The molecule has 0 fully saturated rings. The van der Waals surface area contributed by atoms with Gasteiger partial charge in [-0.1, -0.05) is 35.9 Å². The Morgan fingerprint density at radius 2 is 1.94 bits per heavy atom. The highest BCUT2D eigenvalue weighted by Gasteiger charge is 2.29. The monoisotopic (exact) mass is 442 g/mol. The van der Waals surface area contributed by atoms with Crippen LogP contribution in [0.1, 0.15) is 34.7 Å². The number of carbonyl (C=O) groups is 1. The maximum atomic E-state index is 12.9. The summed E-state index contributed by atoms with van der Waals surface area (Å²) in [6, 6.07) is 12.4. The molecule has 2 aromatic heterocycles. The molecule has 0 amide bonds. The van der Waals surface area contributed by atoms with Crippen LogP contribution in [0, 0.1) is 0 Å². The number of hydrogen-bond donors (Lipinski definition) is 0. The molecule has 0 bridgehead atoms. The van der Waals surface area contributed by atoms with Crippen molar-refractivity contribution < 1.29 is 14.3 Å². The van der Waals surface area contributed by atoms with Gasteiger partial charge in [-0.3, -0.25) is 14.3 Å². The first kappa shape index (κ1) is 22.3. The van der Waals surface area contributed by atoms with Gasteiger partial charge in [-0.25, -0.2) is 9.78 Å². The minimum atomic E-state index is -0.737. The molecule has 162 valence electrons. The second-order valence-electron chi connectivity index (χ2n) is 6.67. The van der Waals surface area contributed by atoms with E-state index in [1.807, 2.05) is 36.4 Å². The zero-order valence-electron chi connectivity index (χ0n) is 17.7. The number of nitrogens with zero attached hydrogens (tertiary/aromatic N) is 4. The van der Waals surface area contributed by atoms with Crippen molar-refractivity contribution in [1.29, 1.82) is 0 Å². The number of pyridine rings is 1. The fourth-order valence-corrected chi connectivity index (χ4v) is 3.56. The third kappa shape index (κ3) is 4.39. The van der Waals surface area contributed by atoms with E-state index in [4.69, 9.17) is 21.1 Å². The molecule has 0 saturated carbocycles. The van der Waals surface area contributed by atoms with Gasteiger partial charge < -0.3 is 14.4 Å². The van der Waals surface area contributed by atoms with E-state index in [-0.39, 0.29) is 24.0 Å². The normalized spacial score (nSPS) is 11.6. The third-order valence-electron chi connectivity index (χ3n) is 4.77. The molecule has 8 nitrogen and oxygen atoms in total. The van der Waals surface area contributed by atoms with E-state index in [1.165, 1.54) is 11.7 Å². The standard InChI is InChI=1S/C22H23ClN4O4/c1-5-31-21(29)17-19(30-4)20(28)27(3)22(25-17)26(2)18(16-12-8-9-13-24-16)14-10-6-7-11-15(14)23/h6-13,18H,5H2,1-4H3. The van der Waals surface area contributed by atoms with Crippen LogP contribution in [-0.4, -0.2) is 41.3 Å². The van der Waals surface area contributed by atoms with Crippen LogP contribution >= 0.6 is 11.6 Å². The first-order valence-electron chi connectivity index (χ1n) is 9.61. The number of halogens is 1. The number of ether oxygens (including phenoxy) is 2. The van der Waals surface area contributed by atoms with Crippen molar-refractivity contribution in [2.24, 2.45) is 7.05 Å². The summed E-state index contributed by atoms with van der Waals surface area (Å²) >= 11 is 6.50. The zero-order chi connectivity index (χ0) is 22.5. The zero-order valence-corrected chi connectivity index (χ0v) is 18.5. The second kappa shape index (κ2) is 9.61. The molecule has 1 unspecified atom stereocenters. The average molecular weight is 443 g/mol. The lowest BCUT2D eigenvalue weighted by molar-refractivity contribution is 0.0514. The third-order valence-corrected chi connectivity index (χ3v) is 5.11. The van der Waals surface area contributed by atoms with Crippen LogP contribution in [0.5, 0.6) is 5.75 Å². The van der Waals surface area contributed by atoms with Crippen LogP contribution in [0.4, 0.5) is 5.95 Å². The molecule has 31 heavy (non-hydrogen) atoms. The van der Waals surface area contributed by atoms with E-state index >= 15 is 0 Å². The quantitative estimate of drug-likeness (QED) is 0.519. The summed E-state index contributed by atoms with van der Waals surface area (Å²) in [5, 5.41) is 0.536. The summed E-state index contributed by atoms with van der Waals surface area (Å²) in [7, 11) is 4.62. The minimum Gasteiger partial charge on any atom is -0.489 e. The number of methoxy groups -OCH3 is 1. The number of esters is 1. The van der Waals surface area contributed by atoms with E-state index in [2.05, 4.69) is 9.97 Å². The van der Waals surface area contributed by atoms with Crippen LogP contribution < -0.4 is 15.2 Å². The molecule has 0 aliphatic rings. The van der Waals surface area contributed by atoms with Gasteiger partial charge in [-0.05, 0) is 30.7 Å². The Balaban J connectivity index is 2.23. The van der Waals surface area contributed by atoms with Crippen molar-refractivity contribution in [1.82, 2.24) is 14.5 Å². The van der Waals surface area contributed by atoms with Crippen LogP contribution in [0.2, 0.25) is 5.02 Å². The maximum absolute atomic E-state index is 12.9. The van der Waals surface area contributed by atoms with Gasteiger partial charge >= 0.3 is 5.97 Å². The number of carbonyl (C=O) groups excluding carboxylic acids is 1. The highest BCUT2D eigenvalue weighted by Crippen LogP contribution is 2.34. The smallest absolute Gasteiger partial charge is 0.361 e. The predicted octanol–water partition coefficient (Wildman–Crippen LogP) is 3.24. The SMILES string of the molecule is CCOC(=O)c1nc(N(C)C(c2ccccn2)c2ccccc2Cl)n(C)c(=O)c1OC. The van der Waals surface area contributed by atoms with Crippen LogP contribution in [0.3, 0.4) is 0 Å². The minimum absolute atomic E-state index is 0.139. The van der Waals surface area contributed by atoms with Gasteiger partial charge in [0.05, 0.1) is 19.4 Å². The molecular weight excluding hydrogens is 420 g/mol. The van der Waals surface area contributed by atoms with E-state index < -0.39 is 17.6 Å². The molecule has 9 heteroatoms. The summed E-state index contributed by atoms with van der Waals surface area (Å²) in [5.41, 5.74) is 0.767. The Morgan fingerprint density at radius 1 is 1.23 bits per heavy atom. The molecule has 0 N–H and O–H groups in total. The lowest BCUT2D eigenvalue weighted by atomic mass is 10.0. The van der Waals surface area contributed by atoms with Crippen LogP contribution in [-0.2, 0) is 11.8 Å². The summed E-state index contributed by atoms with van der Waals surface area (Å²) in [4.78, 5) is 36.1. The maximum Gasteiger partial charge on any atom is 0.361 e. The van der Waals surface area contributed by atoms with Gasteiger partial charge in [0.25, 0.3) is 5.56 Å². The fourth-order valence-electron chi connectivity index (χ4n) is 3.32. The Kier molecular flexibility index (Phi) is 6.91. The first-order chi connectivity index (χ1) is 14.9. The molecule has 0 radical (unpaired) electrons. The lowest BCUT2D eigenvalue weighted by Gasteiger charge is -2.31. The number of anilines is 1. The van der Waals surface area contributed by atoms with Gasteiger partial charge in [0.15, 0.2) is 5.69 Å². The summed E-state index contributed by atoms with van der Waals surface area (Å²) in [6.45, 7) is 1.81. The fraction of sp³-hybridized carbons (Fsp3) is 0.273. The molecular formula is C22H23ClN4O4. The van der Waals surface area contributed by atoms with Crippen molar-refractivity contribution in [3.8, 4) is 5.75 Å². The van der Waals surface area contributed by atoms with Crippen molar-refractivity contribution in [2.45, 2.75) is 13.0 Å². The Hall–Kier alpha value is -3.39. The van der Waals surface area contributed by atoms with Gasteiger partial charge in [0.1, 0.15) is 6.04 Å². The van der Waals surface area contributed by atoms with E-state index in [9.17, 15) is 9.59 Å². The number of hydrogen-bond acceptors (Lipinski definition) is 7. The Morgan fingerprint density at radius 3 is 2.55 bits per heavy atom. The van der Waals surface area contributed by atoms with Crippen molar-refractivity contribution >= 4 is 23.5 Å². The average Bonchev–Trinajstić information content (AvgIpc) is 2.77. The predicted molar refractivity (Wildman–Crippen MR) is 118 cm³/mol. The summed E-state index contributed by atoms with van der Waals surface area (Å²) < 4.78 is 11.5. The van der Waals surface area contributed by atoms with Crippen molar-refractivity contribution in [3.63, 3.8) is 0 Å². The molecule has 0 spiro atoms. The molecule has 2 heterocycles. The van der Waals surface area contributed by atoms with Gasteiger partial charge in [-0.15, -0.1) is 0 Å². The van der Waals surface area contributed by atoms with Gasteiger partial charge in [-0.2, -0.15) is 0 Å². The van der Waals surface area contributed by atoms with Crippen molar-refractivity contribution in [2.75, 3.05) is 25.7 Å². The van der Waals surface area contributed by atoms with Crippen LogP contribution in [0.15, 0.2) is 53.5 Å². The largest absolute Gasteiger partial charge is 0.489 e. The van der Waals surface area contributed by atoms with Gasteiger partial charge in [0.2, 0.25) is 11.7 Å². The number of aromatic nitrogens is 3. The van der Waals surface area contributed by atoms with E-state index in [1.54, 1.807) is 38.2 Å². The molecule has 0 saturated heterocycles.